The zero-order valence-corrected chi connectivity index (χ0v) is 16.3. The van der Waals surface area contributed by atoms with Gasteiger partial charge in [-0.2, -0.15) is 0 Å². The number of piperazine rings is 1. The molecule has 0 atom stereocenters. The van der Waals surface area contributed by atoms with E-state index in [1.54, 1.807) is 11.9 Å². The number of hydrogen-bond donors (Lipinski definition) is 1. The number of aliphatic imine (C=N–C) groups is 1. The van der Waals surface area contributed by atoms with Crippen LogP contribution in [0.2, 0.25) is 0 Å². The van der Waals surface area contributed by atoms with Crippen molar-refractivity contribution < 1.29 is 14.3 Å². The molecule has 1 saturated carbocycles. The third kappa shape index (κ3) is 5.05. The number of carbonyl (C=O) groups excluding carboxylic acids is 1. The first-order valence-electron chi connectivity index (χ1n) is 9.83. The lowest BCUT2D eigenvalue weighted by atomic mass is 9.96. The lowest BCUT2D eigenvalue weighted by Crippen LogP contribution is -2.53. The summed E-state index contributed by atoms with van der Waals surface area (Å²) >= 11 is 0. The summed E-state index contributed by atoms with van der Waals surface area (Å²) in [6.45, 7) is 5.64. The van der Waals surface area contributed by atoms with Gasteiger partial charge in [0, 0.05) is 45.3 Å². The van der Waals surface area contributed by atoms with Crippen molar-refractivity contribution in [3.8, 4) is 5.75 Å². The summed E-state index contributed by atoms with van der Waals surface area (Å²) in [7, 11) is 1.79. The third-order valence-corrected chi connectivity index (χ3v) is 5.07. The van der Waals surface area contributed by atoms with Crippen molar-refractivity contribution in [3.05, 3.63) is 29.8 Å². The summed E-state index contributed by atoms with van der Waals surface area (Å²) in [4.78, 5) is 20.2. The van der Waals surface area contributed by atoms with Gasteiger partial charge >= 0.3 is 6.09 Å². The first kappa shape index (κ1) is 19.3. The fourth-order valence-corrected chi connectivity index (χ4v) is 3.26. The van der Waals surface area contributed by atoms with E-state index >= 15 is 0 Å². The quantitative estimate of drug-likeness (QED) is 0.634. The Morgan fingerprint density at radius 1 is 1.19 bits per heavy atom. The lowest BCUT2D eigenvalue weighted by Gasteiger charge is -2.36. The predicted octanol–water partition coefficient (Wildman–Crippen LogP) is 2.47. The number of carbonyl (C=O) groups is 1. The molecule has 1 amide bonds. The van der Waals surface area contributed by atoms with E-state index in [0.717, 1.165) is 43.2 Å². The number of amides is 1. The number of hydrogen-bond acceptors (Lipinski definition) is 4. The Labute approximate surface area is 161 Å². The van der Waals surface area contributed by atoms with Crippen LogP contribution in [0.4, 0.5) is 4.79 Å². The Morgan fingerprint density at radius 3 is 2.52 bits per heavy atom. The molecule has 0 bridgehead atoms. The highest BCUT2D eigenvalue weighted by Gasteiger charge is 2.24. The van der Waals surface area contributed by atoms with Crippen LogP contribution in [0.5, 0.6) is 5.75 Å². The minimum atomic E-state index is -0.234. The van der Waals surface area contributed by atoms with Crippen molar-refractivity contribution in [3.63, 3.8) is 0 Å². The second-order valence-corrected chi connectivity index (χ2v) is 6.85. The molecule has 7 nitrogen and oxygen atoms in total. The van der Waals surface area contributed by atoms with Gasteiger partial charge in [0.2, 0.25) is 0 Å². The van der Waals surface area contributed by atoms with Gasteiger partial charge in [-0.15, -0.1) is 0 Å². The van der Waals surface area contributed by atoms with E-state index in [-0.39, 0.29) is 6.09 Å². The number of nitrogens with zero attached hydrogens (tertiary/aromatic N) is 3. The highest BCUT2D eigenvalue weighted by molar-refractivity contribution is 5.80. The Bertz CT molecular complexity index is 652. The van der Waals surface area contributed by atoms with Crippen molar-refractivity contribution in [1.29, 1.82) is 0 Å². The maximum Gasteiger partial charge on any atom is 0.409 e. The number of rotatable bonds is 5. The van der Waals surface area contributed by atoms with Gasteiger partial charge in [-0.1, -0.05) is 18.2 Å². The predicted molar refractivity (Wildman–Crippen MR) is 105 cm³/mol. The minimum Gasteiger partial charge on any atom is -0.490 e. The maximum absolute atomic E-state index is 11.8. The van der Waals surface area contributed by atoms with Gasteiger partial charge in [-0.05, 0) is 32.3 Å². The molecule has 2 aliphatic rings. The van der Waals surface area contributed by atoms with E-state index in [9.17, 15) is 4.79 Å². The molecular weight excluding hydrogens is 344 g/mol. The van der Waals surface area contributed by atoms with E-state index in [4.69, 9.17) is 9.47 Å². The van der Waals surface area contributed by atoms with Crippen LogP contribution >= 0.6 is 0 Å². The van der Waals surface area contributed by atoms with Gasteiger partial charge < -0.3 is 24.6 Å². The van der Waals surface area contributed by atoms with Gasteiger partial charge in [-0.25, -0.2) is 4.79 Å². The fourth-order valence-electron chi connectivity index (χ4n) is 3.26. The molecule has 1 N–H and O–H groups in total. The van der Waals surface area contributed by atoms with Crippen LogP contribution in [0, 0.1) is 0 Å². The van der Waals surface area contributed by atoms with Crippen molar-refractivity contribution >= 4 is 12.1 Å². The van der Waals surface area contributed by atoms with Crippen molar-refractivity contribution in [2.45, 2.75) is 38.8 Å². The Balaban J connectivity index is 1.52. The molecule has 1 saturated heterocycles. The number of para-hydroxylation sites is 1. The van der Waals surface area contributed by atoms with Crippen LogP contribution in [-0.4, -0.2) is 67.8 Å². The molecule has 2 fully saturated rings. The van der Waals surface area contributed by atoms with Crippen molar-refractivity contribution in [2.24, 2.45) is 4.99 Å². The monoisotopic (exact) mass is 374 g/mol. The lowest BCUT2D eigenvalue weighted by molar-refractivity contribution is 0.0914. The molecule has 1 heterocycles. The largest absolute Gasteiger partial charge is 0.490 e. The average Bonchev–Trinajstić information content (AvgIpc) is 2.67. The first-order chi connectivity index (χ1) is 13.2. The van der Waals surface area contributed by atoms with E-state index in [1.165, 1.54) is 6.42 Å². The Kier molecular flexibility index (Phi) is 6.79. The molecule has 7 heteroatoms. The van der Waals surface area contributed by atoms with Gasteiger partial charge in [-0.3, -0.25) is 4.99 Å². The molecule has 148 valence electrons. The molecule has 1 aromatic carbocycles. The van der Waals surface area contributed by atoms with Gasteiger partial charge in [0.05, 0.1) is 12.7 Å². The van der Waals surface area contributed by atoms with E-state index in [0.29, 0.717) is 32.3 Å². The molecular formula is C20H30N4O3. The topological polar surface area (TPSA) is 66.4 Å². The summed E-state index contributed by atoms with van der Waals surface area (Å²) < 4.78 is 11.2. The molecule has 0 aromatic heterocycles. The summed E-state index contributed by atoms with van der Waals surface area (Å²) in [5, 5.41) is 3.44. The summed E-state index contributed by atoms with van der Waals surface area (Å²) in [6, 6.07) is 8.18. The first-order valence-corrected chi connectivity index (χ1v) is 9.83. The Morgan fingerprint density at radius 2 is 1.89 bits per heavy atom. The molecule has 0 spiro atoms. The second kappa shape index (κ2) is 9.48. The molecule has 1 aliphatic heterocycles. The number of benzene rings is 1. The van der Waals surface area contributed by atoms with Crippen molar-refractivity contribution in [2.75, 3.05) is 39.8 Å². The molecule has 27 heavy (non-hydrogen) atoms. The van der Waals surface area contributed by atoms with Crippen LogP contribution in [0.3, 0.4) is 0 Å². The van der Waals surface area contributed by atoms with Crippen molar-refractivity contribution in [1.82, 2.24) is 15.1 Å². The van der Waals surface area contributed by atoms with Crippen LogP contribution in [0.25, 0.3) is 0 Å². The minimum absolute atomic E-state index is 0.234. The second-order valence-electron chi connectivity index (χ2n) is 6.85. The van der Waals surface area contributed by atoms with Crippen LogP contribution in [0.15, 0.2) is 29.3 Å². The molecule has 1 aromatic rings. The van der Waals surface area contributed by atoms with E-state index < -0.39 is 0 Å². The van der Waals surface area contributed by atoms with Gasteiger partial charge in [0.25, 0.3) is 0 Å². The van der Waals surface area contributed by atoms with Crippen LogP contribution in [-0.2, 0) is 11.3 Å². The summed E-state index contributed by atoms with van der Waals surface area (Å²) in [5.74, 6) is 1.80. The Hall–Kier alpha value is -2.44. The summed E-state index contributed by atoms with van der Waals surface area (Å²) in [5.41, 5.74) is 1.13. The number of ether oxygens (including phenoxy) is 2. The summed E-state index contributed by atoms with van der Waals surface area (Å²) in [6.07, 6.45) is 3.68. The van der Waals surface area contributed by atoms with Crippen LogP contribution < -0.4 is 10.1 Å². The van der Waals surface area contributed by atoms with Gasteiger partial charge in [0.15, 0.2) is 5.96 Å². The standard InChI is InChI=1S/C20H30N4O3/c1-3-26-20(25)24-13-11-23(12-14-24)19(21-2)22-15-16-7-4-5-10-18(16)27-17-8-6-9-17/h4-5,7,10,17H,3,6,8-9,11-15H2,1-2H3,(H,21,22). The maximum atomic E-state index is 11.8. The smallest absolute Gasteiger partial charge is 0.409 e. The number of nitrogens with one attached hydrogen (secondary N) is 1. The molecule has 1 aliphatic carbocycles. The van der Waals surface area contributed by atoms with Gasteiger partial charge in [0.1, 0.15) is 5.75 Å². The highest BCUT2D eigenvalue weighted by atomic mass is 16.6. The normalized spacial score (nSPS) is 18.1. The average molecular weight is 374 g/mol. The zero-order chi connectivity index (χ0) is 19.1. The molecule has 0 unspecified atom stereocenters. The highest BCUT2D eigenvalue weighted by Crippen LogP contribution is 2.27. The molecule has 3 rings (SSSR count). The fraction of sp³-hybridized carbons (Fsp3) is 0.600. The van der Waals surface area contributed by atoms with E-state index in [1.807, 2.05) is 25.1 Å². The molecule has 0 radical (unpaired) electrons. The van der Waals surface area contributed by atoms with Crippen LogP contribution in [0.1, 0.15) is 31.7 Å². The number of guanidine groups is 1. The zero-order valence-electron chi connectivity index (χ0n) is 16.3. The SMILES string of the molecule is CCOC(=O)N1CCN(C(=NC)NCc2ccccc2OC2CCC2)CC1. The van der Waals surface area contributed by atoms with E-state index in [2.05, 4.69) is 21.3 Å². The third-order valence-electron chi connectivity index (χ3n) is 5.07.